The Balaban J connectivity index is 2.55. The molecule has 2 unspecified atom stereocenters. The van der Waals surface area contributed by atoms with Gasteiger partial charge in [0.05, 0.1) is 12.1 Å². The third kappa shape index (κ3) is 3.73. The molecule has 0 amide bonds. The van der Waals surface area contributed by atoms with Crippen molar-refractivity contribution >= 4 is 0 Å². The Labute approximate surface area is 91.9 Å². The van der Waals surface area contributed by atoms with E-state index in [2.05, 4.69) is 37.4 Å². The summed E-state index contributed by atoms with van der Waals surface area (Å²) in [5, 5.41) is 12.3. The lowest BCUT2D eigenvalue weighted by Crippen LogP contribution is -2.30. The Bertz CT molecular complexity index is 313. The highest BCUT2D eigenvalue weighted by atomic mass is 14.9. The molecule has 0 heterocycles. The van der Waals surface area contributed by atoms with Crippen LogP contribution in [0.2, 0.25) is 0 Å². The number of benzene rings is 1. The molecule has 2 atom stereocenters. The lowest BCUT2D eigenvalue weighted by atomic mass is 10.1. The van der Waals surface area contributed by atoms with Gasteiger partial charge < -0.3 is 0 Å². The smallest absolute Gasteiger partial charge is 0.0957 e. The molecule has 1 rings (SSSR count). The standard InChI is InChI=1S/C13H18N2/c1-3-7-13(10-14)15-11(2)12-8-5-4-6-9-12/h4-6,8-9,11,13,15H,3,7H2,1-2H3. The normalized spacial score (nSPS) is 14.2. The molecule has 0 bridgehead atoms. The van der Waals surface area contributed by atoms with Gasteiger partial charge >= 0.3 is 0 Å². The second-order valence-electron chi connectivity index (χ2n) is 3.77. The zero-order valence-corrected chi connectivity index (χ0v) is 9.40. The molecule has 2 heteroatoms. The average molecular weight is 202 g/mol. The van der Waals surface area contributed by atoms with Gasteiger partial charge in [0.1, 0.15) is 0 Å². The monoisotopic (exact) mass is 202 g/mol. The summed E-state index contributed by atoms with van der Waals surface area (Å²) in [5.41, 5.74) is 1.23. The minimum absolute atomic E-state index is 0.0368. The van der Waals surface area contributed by atoms with E-state index >= 15 is 0 Å². The topological polar surface area (TPSA) is 35.8 Å². The molecule has 2 nitrogen and oxygen atoms in total. The summed E-state index contributed by atoms with van der Waals surface area (Å²) in [6.45, 7) is 4.19. The van der Waals surface area contributed by atoms with E-state index in [4.69, 9.17) is 5.26 Å². The Morgan fingerprint density at radius 2 is 2.00 bits per heavy atom. The molecule has 0 spiro atoms. The first-order valence-corrected chi connectivity index (χ1v) is 5.48. The quantitative estimate of drug-likeness (QED) is 0.796. The fourth-order valence-electron chi connectivity index (χ4n) is 1.61. The van der Waals surface area contributed by atoms with Crippen LogP contribution in [0.3, 0.4) is 0 Å². The van der Waals surface area contributed by atoms with E-state index in [0.29, 0.717) is 0 Å². The van der Waals surface area contributed by atoms with Gasteiger partial charge in [0, 0.05) is 6.04 Å². The van der Waals surface area contributed by atoms with Crippen LogP contribution in [0.1, 0.15) is 38.3 Å². The summed E-state index contributed by atoms with van der Waals surface area (Å²) in [6.07, 6.45) is 1.94. The van der Waals surface area contributed by atoms with Crippen molar-refractivity contribution in [1.29, 1.82) is 5.26 Å². The molecule has 15 heavy (non-hydrogen) atoms. The number of nitrogens with zero attached hydrogens (tertiary/aromatic N) is 1. The third-order valence-corrected chi connectivity index (χ3v) is 2.48. The first-order chi connectivity index (χ1) is 7.27. The lowest BCUT2D eigenvalue weighted by Gasteiger charge is -2.17. The number of nitriles is 1. The Morgan fingerprint density at radius 3 is 2.53 bits per heavy atom. The fourth-order valence-corrected chi connectivity index (χ4v) is 1.61. The molecular formula is C13H18N2. The SMILES string of the molecule is CCCC(C#N)NC(C)c1ccccc1. The highest BCUT2D eigenvalue weighted by molar-refractivity contribution is 5.18. The number of hydrogen-bond acceptors (Lipinski definition) is 2. The van der Waals surface area contributed by atoms with Gasteiger partial charge in [0.25, 0.3) is 0 Å². The average Bonchev–Trinajstić information content (AvgIpc) is 2.29. The second kappa shape index (κ2) is 6.21. The van der Waals surface area contributed by atoms with Crippen LogP contribution in [0.25, 0.3) is 0 Å². The summed E-state index contributed by atoms with van der Waals surface area (Å²) >= 11 is 0. The van der Waals surface area contributed by atoms with Gasteiger partial charge in [-0.3, -0.25) is 5.32 Å². The molecule has 1 N–H and O–H groups in total. The van der Waals surface area contributed by atoms with Crippen LogP contribution in [-0.4, -0.2) is 6.04 Å². The van der Waals surface area contributed by atoms with Crippen molar-refractivity contribution in [1.82, 2.24) is 5.32 Å². The number of rotatable bonds is 5. The summed E-state index contributed by atoms with van der Waals surface area (Å²) < 4.78 is 0. The molecule has 1 aromatic carbocycles. The molecule has 80 valence electrons. The molecule has 0 saturated carbocycles. The first-order valence-electron chi connectivity index (χ1n) is 5.48. The van der Waals surface area contributed by atoms with Crippen molar-refractivity contribution in [3.8, 4) is 6.07 Å². The van der Waals surface area contributed by atoms with Gasteiger partial charge in [0.15, 0.2) is 0 Å². The predicted molar refractivity (Wildman–Crippen MR) is 62.3 cm³/mol. The number of nitrogens with one attached hydrogen (secondary N) is 1. The third-order valence-electron chi connectivity index (χ3n) is 2.48. The van der Waals surface area contributed by atoms with E-state index in [-0.39, 0.29) is 12.1 Å². The molecule has 0 fully saturated rings. The molecule has 0 radical (unpaired) electrons. The Morgan fingerprint density at radius 1 is 1.33 bits per heavy atom. The molecular weight excluding hydrogens is 184 g/mol. The van der Waals surface area contributed by atoms with Crippen LogP contribution in [0.4, 0.5) is 0 Å². The second-order valence-corrected chi connectivity index (χ2v) is 3.77. The van der Waals surface area contributed by atoms with E-state index in [0.717, 1.165) is 12.8 Å². The van der Waals surface area contributed by atoms with Crippen LogP contribution < -0.4 is 5.32 Å². The zero-order chi connectivity index (χ0) is 11.1. The number of hydrogen-bond donors (Lipinski definition) is 1. The van der Waals surface area contributed by atoms with E-state index in [1.807, 2.05) is 18.2 Å². The van der Waals surface area contributed by atoms with Crippen LogP contribution in [0, 0.1) is 11.3 Å². The Kier molecular flexibility index (Phi) is 4.86. The largest absolute Gasteiger partial charge is 0.295 e. The molecule has 0 aliphatic carbocycles. The van der Waals surface area contributed by atoms with Crippen LogP contribution in [-0.2, 0) is 0 Å². The van der Waals surface area contributed by atoms with Crippen LogP contribution in [0.5, 0.6) is 0 Å². The maximum Gasteiger partial charge on any atom is 0.0957 e. The summed E-state index contributed by atoms with van der Waals surface area (Å²) in [7, 11) is 0. The van der Waals surface area contributed by atoms with Crippen molar-refractivity contribution in [3.05, 3.63) is 35.9 Å². The fraction of sp³-hybridized carbons (Fsp3) is 0.462. The molecule has 0 aromatic heterocycles. The van der Waals surface area contributed by atoms with Gasteiger partial charge in [-0.05, 0) is 18.9 Å². The molecule has 0 aliphatic rings. The van der Waals surface area contributed by atoms with Gasteiger partial charge in [-0.25, -0.2) is 0 Å². The minimum atomic E-state index is -0.0368. The van der Waals surface area contributed by atoms with E-state index in [1.165, 1.54) is 5.56 Å². The van der Waals surface area contributed by atoms with Crippen molar-refractivity contribution < 1.29 is 0 Å². The van der Waals surface area contributed by atoms with Crippen molar-refractivity contribution in [3.63, 3.8) is 0 Å². The van der Waals surface area contributed by atoms with Crippen molar-refractivity contribution in [2.24, 2.45) is 0 Å². The van der Waals surface area contributed by atoms with E-state index in [9.17, 15) is 0 Å². The first kappa shape index (κ1) is 11.7. The summed E-state index contributed by atoms with van der Waals surface area (Å²) in [5.74, 6) is 0. The maximum atomic E-state index is 8.94. The van der Waals surface area contributed by atoms with Gasteiger partial charge in [-0.1, -0.05) is 43.7 Å². The maximum absolute atomic E-state index is 8.94. The summed E-state index contributed by atoms with van der Waals surface area (Å²) in [4.78, 5) is 0. The van der Waals surface area contributed by atoms with Crippen molar-refractivity contribution in [2.75, 3.05) is 0 Å². The molecule has 0 aliphatic heterocycles. The van der Waals surface area contributed by atoms with E-state index < -0.39 is 0 Å². The molecule has 1 aromatic rings. The van der Waals surface area contributed by atoms with Gasteiger partial charge in [-0.15, -0.1) is 0 Å². The summed E-state index contributed by atoms with van der Waals surface area (Å²) in [6, 6.07) is 12.7. The van der Waals surface area contributed by atoms with E-state index in [1.54, 1.807) is 0 Å². The molecule has 0 saturated heterocycles. The zero-order valence-electron chi connectivity index (χ0n) is 9.40. The van der Waals surface area contributed by atoms with Gasteiger partial charge in [0.2, 0.25) is 0 Å². The highest BCUT2D eigenvalue weighted by Crippen LogP contribution is 2.12. The predicted octanol–water partition coefficient (Wildman–Crippen LogP) is 3.03. The lowest BCUT2D eigenvalue weighted by molar-refractivity contribution is 0.491. The van der Waals surface area contributed by atoms with Crippen LogP contribution in [0.15, 0.2) is 30.3 Å². The van der Waals surface area contributed by atoms with Crippen LogP contribution >= 0.6 is 0 Å². The van der Waals surface area contributed by atoms with Gasteiger partial charge in [-0.2, -0.15) is 5.26 Å². The minimum Gasteiger partial charge on any atom is -0.295 e. The van der Waals surface area contributed by atoms with Crippen molar-refractivity contribution in [2.45, 2.75) is 38.8 Å². The Hall–Kier alpha value is -1.33. The highest BCUT2D eigenvalue weighted by Gasteiger charge is 2.10.